The van der Waals surface area contributed by atoms with E-state index >= 15 is 0 Å². The molecule has 3 N–H and O–H groups in total. The van der Waals surface area contributed by atoms with Crippen molar-refractivity contribution in [1.82, 2.24) is 15.0 Å². The Balaban J connectivity index is 1.67. The minimum Gasteiger partial charge on any atom is -0.512 e. The first-order chi connectivity index (χ1) is 15.9. The summed E-state index contributed by atoms with van der Waals surface area (Å²) in [7, 11) is 0. The standard InChI is InChI=1S/C26H27N3O4/c1-14(2)33-26-28-24(27-25(29-26)23-21(31)12-16(30)13-22(23)32)20-11-15-7-3-4-8-17(15)18-9-5-6-10-19(18)20/h3-5,7-9,11-12,14-15,17,22,30-32H,6,10,13H2,1-2H3. The zero-order valence-corrected chi connectivity index (χ0v) is 18.6. The van der Waals surface area contributed by atoms with Crippen LogP contribution in [0, 0.1) is 11.8 Å². The van der Waals surface area contributed by atoms with E-state index in [1.807, 2.05) is 13.8 Å². The Kier molecular flexibility index (Phi) is 5.50. The monoisotopic (exact) mass is 445 g/mol. The Morgan fingerprint density at radius 3 is 2.64 bits per heavy atom. The van der Waals surface area contributed by atoms with Crippen molar-refractivity contribution >= 4 is 11.1 Å². The molecule has 7 heteroatoms. The van der Waals surface area contributed by atoms with Gasteiger partial charge in [0.05, 0.1) is 23.5 Å². The quantitative estimate of drug-likeness (QED) is 0.624. The molecule has 0 saturated heterocycles. The minimum absolute atomic E-state index is 0.0234. The molecule has 4 aliphatic rings. The summed E-state index contributed by atoms with van der Waals surface area (Å²) in [6.07, 6.45) is 16.9. The van der Waals surface area contributed by atoms with E-state index in [4.69, 9.17) is 4.74 Å². The van der Waals surface area contributed by atoms with Crippen LogP contribution in [0.3, 0.4) is 0 Å². The van der Waals surface area contributed by atoms with E-state index in [0.29, 0.717) is 5.82 Å². The van der Waals surface area contributed by atoms with Crippen LogP contribution in [0.25, 0.3) is 11.1 Å². The molecule has 5 rings (SSSR count). The highest BCUT2D eigenvalue weighted by atomic mass is 16.5. The van der Waals surface area contributed by atoms with E-state index in [2.05, 4.69) is 57.5 Å². The number of aromatic nitrogens is 3. The third-order valence-corrected chi connectivity index (χ3v) is 6.18. The molecular weight excluding hydrogens is 418 g/mol. The molecular formula is C26H27N3O4. The molecule has 3 atom stereocenters. The average molecular weight is 446 g/mol. The highest BCUT2D eigenvalue weighted by molar-refractivity contribution is 5.81. The van der Waals surface area contributed by atoms with Gasteiger partial charge in [0.1, 0.15) is 5.76 Å². The van der Waals surface area contributed by atoms with Crippen molar-refractivity contribution in [3.05, 3.63) is 82.9 Å². The second-order valence-electron chi connectivity index (χ2n) is 8.91. The van der Waals surface area contributed by atoms with Gasteiger partial charge in [-0.15, -0.1) is 0 Å². The van der Waals surface area contributed by atoms with E-state index in [1.165, 1.54) is 17.2 Å². The van der Waals surface area contributed by atoms with E-state index in [-0.39, 0.29) is 53.3 Å². The first-order valence-corrected chi connectivity index (χ1v) is 11.3. The van der Waals surface area contributed by atoms with Gasteiger partial charge in [-0.3, -0.25) is 0 Å². The van der Waals surface area contributed by atoms with Crippen molar-refractivity contribution in [1.29, 1.82) is 0 Å². The first-order valence-electron chi connectivity index (χ1n) is 11.3. The molecule has 0 amide bonds. The molecule has 0 radical (unpaired) electrons. The summed E-state index contributed by atoms with van der Waals surface area (Å²) in [6, 6.07) is 0.131. The van der Waals surface area contributed by atoms with Gasteiger partial charge in [0.2, 0.25) is 0 Å². The van der Waals surface area contributed by atoms with Crippen molar-refractivity contribution in [3.63, 3.8) is 0 Å². The number of rotatable bonds is 4. The van der Waals surface area contributed by atoms with Gasteiger partial charge in [-0.2, -0.15) is 9.97 Å². The maximum Gasteiger partial charge on any atom is 0.320 e. The number of nitrogens with zero attached hydrogens (tertiary/aromatic N) is 3. The topological polar surface area (TPSA) is 109 Å². The lowest BCUT2D eigenvalue weighted by Crippen LogP contribution is -2.23. The van der Waals surface area contributed by atoms with Crippen LogP contribution in [0.2, 0.25) is 0 Å². The van der Waals surface area contributed by atoms with Crippen molar-refractivity contribution < 1.29 is 20.1 Å². The summed E-state index contributed by atoms with van der Waals surface area (Å²) in [5, 5.41) is 30.8. The van der Waals surface area contributed by atoms with Crippen LogP contribution < -0.4 is 4.74 Å². The Morgan fingerprint density at radius 1 is 1.06 bits per heavy atom. The molecule has 0 fully saturated rings. The van der Waals surface area contributed by atoms with Gasteiger partial charge in [0, 0.05) is 29.9 Å². The van der Waals surface area contributed by atoms with Gasteiger partial charge >= 0.3 is 6.01 Å². The molecule has 0 saturated carbocycles. The fraction of sp³-hybridized carbons (Fsp3) is 0.346. The van der Waals surface area contributed by atoms with E-state index in [9.17, 15) is 15.3 Å². The van der Waals surface area contributed by atoms with Crippen LogP contribution in [0.5, 0.6) is 6.01 Å². The first kappa shape index (κ1) is 21.4. The van der Waals surface area contributed by atoms with E-state index in [1.54, 1.807) is 0 Å². The van der Waals surface area contributed by atoms with Crippen LogP contribution in [0.1, 0.15) is 44.8 Å². The predicted octanol–water partition coefficient (Wildman–Crippen LogP) is 4.54. The molecule has 1 heterocycles. The van der Waals surface area contributed by atoms with Crippen LogP contribution >= 0.6 is 0 Å². The SMILES string of the molecule is CC(C)Oc1nc(C2=CC3C=CC=CC3C3=C2CCC=C3)nc(C2=C(O)C=C(O)CC2O)n1. The lowest BCUT2D eigenvalue weighted by atomic mass is 9.71. The number of aliphatic hydroxyl groups excluding tert-OH is 3. The molecule has 33 heavy (non-hydrogen) atoms. The van der Waals surface area contributed by atoms with Gasteiger partial charge in [-0.1, -0.05) is 42.5 Å². The normalized spacial score (nSPS) is 26.2. The van der Waals surface area contributed by atoms with Crippen molar-refractivity contribution in [2.45, 2.75) is 45.3 Å². The summed E-state index contributed by atoms with van der Waals surface area (Å²) in [6.45, 7) is 3.76. The van der Waals surface area contributed by atoms with E-state index < -0.39 is 6.10 Å². The molecule has 1 aromatic heterocycles. The molecule has 0 spiro atoms. The largest absolute Gasteiger partial charge is 0.512 e. The number of hydrogen-bond acceptors (Lipinski definition) is 7. The second kappa shape index (κ2) is 8.48. The number of allylic oxidation sites excluding steroid dienone is 11. The Bertz CT molecular complexity index is 1200. The van der Waals surface area contributed by atoms with Gasteiger partial charge in [-0.25, -0.2) is 4.98 Å². The number of hydrogen-bond donors (Lipinski definition) is 3. The van der Waals surface area contributed by atoms with Gasteiger partial charge in [-0.05, 0) is 37.8 Å². The smallest absolute Gasteiger partial charge is 0.320 e. The maximum atomic E-state index is 10.6. The lowest BCUT2D eigenvalue weighted by Gasteiger charge is -2.33. The zero-order chi connectivity index (χ0) is 23.1. The van der Waals surface area contributed by atoms with Crippen LogP contribution in [0.4, 0.5) is 0 Å². The summed E-state index contributed by atoms with van der Waals surface area (Å²) in [5.41, 5.74) is 3.55. The molecule has 0 bridgehead atoms. The average Bonchev–Trinajstić information content (AvgIpc) is 2.77. The lowest BCUT2D eigenvalue weighted by molar-refractivity contribution is 0.199. The van der Waals surface area contributed by atoms with Gasteiger partial charge in [0.15, 0.2) is 11.6 Å². The molecule has 1 aromatic rings. The Morgan fingerprint density at radius 2 is 1.85 bits per heavy atom. The van der Waals surface area contributed by atoms with Crippen molar-refractivity contribution in [3.8, 4) is 6.01 Å². The fourth-order valence-corrected chi connectivity index (χ4v) is 4.77. The van der Waals surface area contributed by atoms with Crippen molar-refractivity contribution in [2.24, 2.45) is 11.8 Å². The number of fused-ring (bicyclic) bond motifs is 2. The highest BCUT2D eigenvalue weighted by Gasteiger charge is 2.33. The predicted molar refractivity (Wildman–Crippen MR) is 125 cm³/mol. The summed E-state index contributed by atoms with van der Waals surface area (Å²) < 4.78 is 5.82. The summed E-state index contributed by atoms with van der Waals surface area (Å²) in [5.74, 6) is 0.703. The zero-order valence-electron chi connectivity index (χ0n) is 18.6. The van der Waals surface area contributed by atoms with Crippen LogP contribution in [0.15, 0.2) is 71.3 Å². The maximum absolute atomic E-state index is 10.6. The van der Waals surface area contributed by atoms with Crippen LogP contribution in [-0.4, -0.2) is 42.5 Å². The van der Waals surface area contributed by atoms with Crippen molar-refractivity contribution in [2.75, 3.05) is 0 Å². The number of ether oxygens (including phenoxy) is 1. The highest BCUT2D eigenvalue weighted by Crippen LogP contribution is 2.44. The Labute approximate surface area is 192 Å². The van der Waals surface area contributed by atoms with Gasteiger partial charge in [0.25, 0.3) is 0 Å². The second-order valence-corrected chi connectivity index (χ2v) is 8.91. The van der Waals surface area contributed by atoms with E-state index in [0.717, 1.165) is 18.4 Å². The summed E-state index contributed by atoms with van der Waals surface area (Å²) in [4.78, 5) is 13.7. The third-order valence-electron chi connectivity index (χ3n) is 6.18. The molecule has 7 nitrogen and oxygen atoms in total. The fourth-order valence-electron chi connectivity index (χ4n) is 4.77. The molecule has 3 unspecified atom stereocenters. The number of aliphatic hydroxyl groups is 3. The Hall–Kier alpha value is -3.45. The molecule has 0 aliphatic heterocycles. The molecule has 170 valence electrons. The minimum atomic E-state index is -1.14. The molecule has 0 aromatic carbocycles. The van der Waals surface area contributed by atoms with Crippen LogP contribution in [-0.2, 0) is 0 Å². The van der Waals surface area contributed by atoms with Gasteiger partial charge < -0.3 is 20.1 Å². The molecule has 4 aliphatic carbocycles. The third kappa shape index (κ3) is 4.04. The summed E-state index contributed by atoms with van der Waals surface area (Å²) >= 11 is 0.